The van der Waals surface area contributed by atoms with Crippen LogP contribution < -0.4 is 0 Å². The van der Waals surface area contributed by atoms with Crippen LogP contribution in [-0.4, -0.2) is 9.97 Å². The molecule has 1 aliphatic carbocycles. The molecule has 1 aliphatic rings. The van der Waals surface area contributed by atoms with E-state index in [2.05, 4.69) is 37.0 Å². The Morgan fingerprint density at radius 3 is 2.65 bits per heavy atom. The summed E-state index contributed by atoms with van der Waals surface area (Å²) in [6.07, 6.45) is 4.87. The van der Waals surface area contributed by atoms with Crippen LogP contribution in [0, 0.1) is 13.8 Å². The number of hydrogen-bond donors (Lipinski definition) is 1. The molecule has 0 spiro atoms. The quantitative estimate of drug-likeness (QED) is 0.791. The van der Waals surface area contributed by atoms with Gasteiger partial charge in [-0.3, -0.25) is 0 Å². The summed E-state index contributed by atoms with van der Waals surface area (Å²) in [4.78, 5) is 8.22. The fourth-order valence-electron chi connectivity index (χ4n) is 2.48. The monoisotopic (exact) mass is 226 g/mol. The lowest BCUT2D eigenvalue weighted by atomic mass is 10.0. The summed E-state index contributed by atoms with van der Waals surface area (Å²) < 4.78 is 0. The van der Waals surface area contributed by atoms with Crippen LogP contribution in [0.3, 0.4) is 0 Å². The number of benzene rings is 1. The van der Waals surface area contributed by atoms with E-state index in [4.69, 9.17) is 4.98 Å². The second-order valence-electron chi connectivity index (χ2n) is 5.02. The van der Waals surface area contributed by atoms with Crippen LogP contribution in [0.15, 0.2) is 18.2 Å². The number of aromatic amines is 1. The first kappa shape index (κ1) is 10.6. The molecule has 0 saturated heterocycles. The van der Waals surface area contributed by atoms with E-state index in [1.807, 2.05) is 0 Å². The highest BCUT2D eigenvalue weighted by molar-refractivity contribution is 5.58. The summed E-state index contributed by atoms with van der Waals surface area (Å²) in [6.45, 7) is 4.30. The van der Waals surface area contributed by atoms with Crippen molar-refractivity contribution < 1.29 is 0 Å². The minimum Gasteiger partial charge on any atom is -0.342 e. The van der Waals surface area contributed by atoms with E-state index in [1.54, 1.807) is 0 Å². The van der Waals surface area contributed by atoms with E-state index < -0.39 is 0 Å². The molecule has 0 unspecified atom stereocenters. The maximum atomic E-state index is 4.74. The van der Waals surface area contributed by atoms with Crippen molar-refractivity contribution in [2.75, 3.05) is 0 Å². The average molecular weight is 226 g/mol. The van der Waals surface area contributed by atoms with E-state index in [0.717, 1.165) is 18.7 Å². The van der Waals surface area contributed by atoms with Crippen LogP contribution in [0.2, 0.25) is 0 Å². The number of aryl methyl sites for hydroxylation is 4. The van der Waals surface area contributed by atoms with E-state index in [1.165, 1.54) is 40.9 Å². The van der Waals surface area contributed by atoms with Crippen molar-refractivity contribution in [2.45, 2.75) is 39.5 Å². The van der Waals surface area contributed by atoms with Gasteiger partial charge in [-0.05, 0) is 56.7 Å². The summed E-state index contributed by atoms with van der Waals surface area (Å²) in [5, 5.41) is 0. The van der Waals surface area contributed by atoms with Gasteiger partial charge in [0.25, 0.3) is 0 Å². The molecule has 1 N–H and O–H groups in total. The summed E-state index contributed by atoms with van der Waals surface area (Å²) in [7, 11) is 0. The van der Waals surface area contributed by atoms with Gasteiger partial charge in [-0.15, -0.1) is 0 Å². The van der Waals surface area contributed by atoms with Gasteiger partial charge >= 0.3 is 0 Å². The van der Waals surface area contributed by atoms with E-state index in [-0.39, 0.29) is 0 Å². The molecule has 88 valence electrons. The lowest BCUT2D eigenvalue weighted by molar-refractivity contribution is 0.667. The standard InChI is InChI=1S/C15H18N2/c1-10-7-8-12(9-11(10)2)15-16-13-5-3-4-6-14(13)17-15/h7-9H,3-6H2,1-2H3,(H,16,17). The van der Waals surface area contributed by atoms with Crippen LogP contribution in [0.4, 0.5) is 0 Å². The third kappa shape index (κ3) is 1.88. The Hall–Kier alpha value is -1.57. The number of imidazole rings is 1. The van der Waals surface area contributed by atoms with Gasteiger partial charge in [0.1, 0.15) is 5.82 Å². The molecular weight excluding hydrogens is 208 g/mol. The topological polar surface area (TPSA) is 28.7 Å². The molecular formula is C15H18N2. The molecule has 1 aromatic heterocycles. The minimum absolute atomic E-state index is 1.04. The van der Waals surface area contributed by atoms with Gasteiger partial charge in [0.05, 0.1) is 5.69 Å². The predicted octanol–water partition coefficient (Wildman–Crippen LogP) is 3.57. The van der Waals surface area contributed by atoms with Crippen LogP contribution in [0.1, 0.15) is 35.4 Å². The molecule has 17 heavy (non-hydrogen) atoms. The zero-order valence-corrected chi connectivity index (χ0v) is 10.5. The zero-order chi connectivity index (χ0) is 11.8. The van der Waals surface area contributed by atoms with Gasteiger partial charge in [0, 0.05) is 11.3 Å². The Bertz CT molecular complexity index is 529. The van der Waals surface area contributed by atoms with Crippen molar-refractivity contribution in [2.24, 2.45) is 0 Å². The van der Waals surface area contributed by atoms with Gasteiger partial charge in [0.15, 0.2) is 0 Å². The molecule has 0 atom stereocenters. The third-order valence-corrected chi connectivity index (χ3v) is 3.74. The SMILES string of the molecule is Cc1ccc(-c2nc3c([nH]2)CCCC3)cc1C. The number of aromatic nitrogens is 2. The van der Waals surface area contributed by atoms with Crippen molar-refractivity contribution >= 4 is 0 Å². The van der Waals surface area contributed by atoms with Gasteiger partial charge in [0.2, 0.25) is 0 Å². The van der Waals surface area contributed by atoms with E-state index in [0.29, 0.717) is 0 Å². The minimum atomic E-state index is 1.04. The molecule has 1 aromatic carbocycles. The Morgan fingerprint density at radius 1 is 1.06 bits per heavy atom. The Morgan fingerprint density at radius 2 is 1.88 bits per heavy atom. The highest BCUT2D eigenvalue weighted by Gasteiger charge is 2.15. The molecule has 0 amide bonds. The molecule has 0 bridgehead atoms. The lowest BCUT2D eigenvalue weighted by Gasteiger charge is -2.07. The molecule has 0 saturated carbocycles. The highest BCUT2D eigenvalue weighted by atomic mass is 14.9. The summed E-state index contributed by atoms with van der Waals surface area (Å²) in [5.41, 5.74) is 6.51. The van der Waals surface area contributed by atoms with E-state index in [9.17, 15) is 0 Å². The number of nitrogens with zero attached hydrogens (tertiary/aromatic N) is 1. The first-order valence-corrected chi connectivity index (χ1v) is 6.39. The molecule has 3 rings (SSSR count). The number of hydrogen-bond acceptors (Lipinski definition) is 1. The molecule has 2 nitrogen and oxygen atoms in total. The average Bonchev–Trinajstić information content (AvgIpc) is 2.76. The van der Waals surface area contributed by atoms with E-state index >= 15 is 0 Å². The van der Waals surface area contributed by atoms with Crippen molar-refractivity contribution in [3.8, 4) is 11.4 Å². The molecule has 2 aromatic rings. The molecule has 2 heteroatoms. The van der Waals surface area contributed by atoms with Gasteiger partial charge in [-0.25, -0.2) is 4.98 Å². The van der Waals surface area contributed by atoms with Crippen LogP contribution in [-0.2, 0) is 12.8 Å². The Kier molecular flexibility index (Phi) is 2.50. The van der Waals surface area contributed by atoms with Crippen molar-refractivity contribution in [3.05, 3.63) is 40.7 Å². The van der Waals surface area contributed by atoms with Gasteiger partial charge < -0.3 is 4.98 Å². The van der Waals surface area contributed by atoms with Crippen LogP contribution in [0.5, 0.6) is 0 Å². The fraction of sp³-hybridized carbons (Fsp3) is 0.400. The second-order valence-corrected chi connectivity index (χ2v) is 5.02. The summed E-state index contributed by atoms with van der Waals surface area (Å²) >= 11 is 0. The van der Waals surface area contributed by atoms with Crippen molar-refractivity contribution in [3.63, 3.8) is 0 Å². The summed E-state index contributed by atoms with van der Waals surface area (Å²) in [6, 6.07) is 6.55. The highest BCUT2D eigenvalue weighted by Crippen LogP contribution is 2.25. The Balaban J connectivity index is 2.03. The van der Waals surface area contributed by atoms with Crippen molar-refractivity contribution in [1.29, 1.82) is 0 Å². The number of fused-ring (bicyclic) bond motifs is 1. The number of rotatable bonds is 1. The third-order valence-electron chi connectivity index (χ3n) is 3.74. The molecule has 0 fully saturated rings. The first-order chi connectivity index (χ1) is 8.24. The van der Waals surface area contributed by atoms with Crippen LogP contribution in [0.25, 0.3) is 11.4 Å². The lowest BCUT2D eigenvalue weighted by Crippen LogP contribution is -2.00. The number of nitrogens with one attached hydrogen (secondary N) is 1. The first-order valence-electron chi connectivity index (χ1n) is 6.39. The largest absolute Gasteiger partial charge is 0.342 e. The predicted molar refractivity (Wildman–Crippen MR) is 70.1 cm³/mol. The Labute approximate surface area is 102 Å². The molecule has 0 aliphatic heterocycles. The maximum absolute atomic E-state index is 4.74. The normalized spacial score (nSPS) is 14.7. The molecule has 1 heterocycles. The maximum Gasteiger partial charge on any atom is 0.137 e. The fourth-order valence-corrected chi connectivity index (χ4v) is 2.48. The smallest absolute Gasteiger partial charge is 0.137 e. The zero-order valence-electron chi connectivity index (χ0n) is 10.5. The van der Waals surface area contributed by atoms with Gasteiger partial charge in [-0.1, -0.05) is 12.1 Å². The second kappa shape index (κ2) is 4.02. The van der Waals surface area contributed by atoms with Crippen molar-refractivity contribution in [1.82, 2.24) is 9.97 Å². The van der Waals surface area contributed by atoms with Gasteiger partial charge in [-0.2, -0.15) is 0 Å². The van der Waals surface area contributed by atoms with Crippen LogP contribution >= 0.6 is 0 Å². The number of H-pyrrole nitrogens is 1. The summed E-state index contributed by atoms with van der Waals surface area (Å²) in [5.74, 6) is 1.04. The molecule has 0 radical (unpaired) electrons.